The monoisotopic (exact) mass is 234 g/mol. The third-order valence-corrected chi connectivity index (χ3v) is 2.62. The summed E-state index contributed by atoms with van der Waals surface area (Å²) < 4.78 is 24.1. The van der Waals surface area contributed by atoms with Crippen LogP contribution >= 0.6 is 0 Å². The van der Waals surface area contributed by atoms with Crippen LogP contribution in [0.15, 0.2) is 24.3 Å². The Morgan fingerprint density at radius 3 is 2.47 bits per heavy atom. The zero-order valence-corrected chi connectivity index (χ0v) is 9.49. The van der Waals surface area contributed by atoms with Crippen LogP contribution in [0.4, 0.5) is 4.39 Å². The summed E-state index contributed by atoms with van der Waals surface area (Å²) in [5.74, 6) is 0.326. The Balaban J connectivity index is 2.92. The fourth-order valence-corrected chi connectivity index (χ4v) is 1.85. The first kappa shape index (κ1) is 11.4. The lowest BCUT2D eigenvalue weighted by molar-refractivity contribution is 0.112. The molecule has 0 heterocycles. The summed E-state index contributed by atoms with van der Waals surface area (Å²) in [7, 11) is 2.91. The van der Waals surface area contributed by atoms with Gasteiger partial charge in [0.2, 0.25) is 0 Å². The van der Waals surface area contributed by atoms with E-state index in [0.29, 0.717) is 23.0 Å². The molecule has 0 spiro atoms. The maximum Gasteiger partial charge on any atom is 0.153 e. The topological polar surface area (TPSA) is 35.5 Å². The van der Waals surface area contributed by atoms with Gasteiger partial charge in [-0.15, -0.1) is 0 Å². The smallest absolute Gasteiger partial charge is 0.153 e. The van der Waals surface area contributed by atoms with E-state index in [4.69, 9.17) is 9.47 Å². The number of carbonyl (C=O) groups is 1. The SMILES string of the molecule is COc1ccc(F)c2c(OC)c(C=O)ccc12. The summed E-state index contributed by atoms with van der Waals surface area (Å²) in [6.45, 7) is 0. The lowest BCUT2D eigenvalue weighted by Crippen LogP contribution is -1.95. The second-order valence-electron chi connectivity index (χ2n) is 3.48. The number of ether oxygens (including phenoxy) is 2. The number of benzene rings is 2. The molecule has 0 aliphatic carbocycles. The van der Waals surface area contributed by atoms with Crippen molar-refractivity contribution < 1.29 is 18.7 Å². The Morgan fingerprint density at radius 2 is 1.88 bits per heavy atom. The van der Waals surface area contributed by atoms with Crippen LogP contribution in [0, 0.1) is 5.82 Å². The van der Waals surface area contributed by atoms with Crippen LogP contribution in [-0.4, -0.2) is 20.5 Å². The fraction of sp³-hybridized carbons (Fsp3) is 0.154. The van der Waals surface area contributed by atoms with E-state index in [9.17, 15) is 9.18 Å². The zero-order chi connectivity index (χ0) is 12.4. The summed E-state index contributed by atoms with van der Waals surface area (Å²) in [4.78, 5) is 10.9. The van der Waals surface area contributed by atoms with Crippen LogP contribution < -0.4 is 9.47 Å². The highest BCUT2D eigenvalue weighted by molar-refractivity contribution is 5.99. The number of halogens is 1. The quantitative estimate of drug-likeness (QED) is 0.766. The Hall–Kier alpha value is -2.10. The van der Waals surface area contributed by atoms with Gasteiger partial charge in [0, 0.05) is 5.39 Å². The molecule has 0 atom stereocenters. The highest BCUT2D eigenvalue weighted by atomic mass is 19.1. The van der Waals surface area contributed by atoms with Crippen molar-refractivity contribution in [1.82, 2.24) is 0 Å². The van der Waals surface area contributed by atoms with Gasteiger partial charge in [-0.3, -0.25) is 4.79 Å². The number of hydrogen-bond acceptors (Lipinski definition) is 3. The van der Waals surface area contributed by atoms with Crippen LogP contribution in [0.3, 0.4) is 0 Å². The standard InChI is InChI=1S/C13H11FO3/c1-16-11-6-5-10(14)12-9(11)4-3-8(7-15)13(12)17-2/h3-7H,1-2H3. The number of hydrogen-bond donors (Lipinski definition) is 0. The minimum Gasteiger partial charge on any atom is -0.496 e. The number of rotatable bonds is 3. The van der Waals surface area contributed by atoms with Gasteiger partial charge in [0.25, 0.3) is 0 Å². The molecule has 0 radical (unpaired) electrons. The number of carbonyl (C=O) groups excluding carboxylic acids is 1. The second kappa shape index (κ2) is 4.41. The highest BCUT2D eigenvalue weighted by Gasteiger charge is 2.14. The van der Waals surface area contributed by atoms with Crippen molar-refractivity contribution in [2.24, 2.45) is 0 Å². The van der Waals surface area contributed by atoms with E-state index in [0.717, 1.165) is 0 Å². The van der Waals surface area contributed by atoms with Crippen molar-refractivity contribution >= 4 is 17.1 Å². The van der Waals surface area contributed by atoms with Crippen LogP contribution in [0.2, 0.25) is 0 Å². The maximum atomic E-state index is 13.8. The lowest BCUT2D eigenvalue weighted by atomic mass is 10.0. The fourth-order valence-electron chi connectivity index (χ4n) is 1.85. The molecule has 0 aliphatic rings. The predicted octanol–water partition coefficient (Wildman–Crippen LogP) is 2.81. The molecule has 0 bridgehead atoms. The van der Waals surface area contributed by atoms with E-state index < -0.39 is 5.82 Å². The van der Waals surface area contributed by atoms with E-state index in [1.54, 1.807) is 12.1 Å². The zero-order valence-electron chi connectivity index (χ0n) is 9.49. The Kier molecular flexibility index (Phi) is 2.95. The number of aldehydes is 1. The summed E-state index contributed by atoms with van der Waals surface area (Å²) in [6.07, 6.45) is 0.636. The van der Waals surface area contributed by atoms with E-state index in [1.165, 1.54) is 26.4 Å². The van der Waals surface area contributed by atoms with Crippen molar-refractivity contribution in [3.05, 3.63) is 35.6 Å². The van der Waals surface area contributed by atoms with Gasteiger partial charge >= 0.3 is 0 Å². The molecule has 0 unspecified atom stereocenters. The molecule has 2 aromatic carbocycles. The summed E-state index contributed by atoms with van der Waals surface area (Å²) in [6, 6.07) is 6.05. The van der Waals surface area contributed by atoms with Gasteiger partial charge in [-0.1, -0.05) is 0 Å². The molecule has 0 saturated carbocycles. The number of methoxy groups -OCH3 is 2. The average molecular weight is 234 g/mol. The van der Waals surface area contributed by atoms with Gasteiger partial charge in [0.15, 0.2) is 6.29 Å². The van der Waals surface area contributed by atoms with Crippen molar-refractivity contribution in [1.29, 1.82) is 0 Å². The molecule has 0 N–H and O–H groups in total. The normalized spacial score (nSPS) is 10.3. The molecule has 3 nitrogen and oxygen atoms in total. The molecular weight excluding hydrogens is 223 g/mol. The van der Waals surface area contributed by atoms with Gasteiger partial charge in [-0.25, -0.2) is 4.39 Å². The molecule has 0 fully saturated rings. The highest BCUT2D eigenvalue weighted by Crippen LogP contribution is 2.36. The molecule has 88 valence electrons. The number of fused-ring (bicyclic) bond motifs is 1. The van der Waals surface area contributed by atoms with E-state index in [-0.39, 0.29) is 11.1 Å². The molecule has 0 saturated heterocycles. The molecule has 2 rings (SSSR count). The third kappa shape index (κ3) is 1.71. The van der Waals surface area contributed by atoms with Gasteiger partial charge in [-0.05, 0) is 24.3 Å². The molecule has 4 heteroatoms. The van der Waals surface area contributed by atoms with Gasteiger partial charge in [-0.2, -0.15) is 0 Å². The molecule has 0 aromatic heterocycles. The van der Waals surface area contributed by atoms with E-state index in [1.807, 2.05) is 0 Å². The first-order valence-electron chi connectivity index (χ1n) is 5.01. The van der Waals surface area contributed by atoms with Crippen molar-refractivity contribution in [2.75, 3.05) is 14.2 Å². The third-order valence-electron chi connectivity index (χ3n) is 2.62. The first-order chi connectivity index (χ1) is 8.22. The van der Waals surface area contributed by atoms with Crippen LogP contribution in [0.1, 0.15) is 10.4 Å². The van der Waals surface area contributed by atoms with Crippen molar-refractivity contribution in [3.63, 3.8) is 0 Å². The molecule has 2 aromatic rings. The van der Waals surface area contributed by atoms with Crippen LogP contribution in [0.5, 0.6) is 11.5 Å². The van der Waals surface area contributed by atoms with Gasteiger partial charge in [0.05, 0.1) is 25.2 Å². The first-order valence-corrected chi connectivity index (χ1v) is 5.01. The van der Waals surface area contributed by atoms with Crippen LogP contribution in [-0.2, 0) is 0 Å². The summed E-state index contributed by atoms with van der Waals surface area (Å²) in [5, 5.41) is 0.839. The minimum absolute atomic E-state index is 0.230. The lowest BCUT2D eigenvalue weighted by Gasteiger charge is -2.11. The van der Waals surface area contributed by atoms with E-state index in [2.05, 4.69) is 0 Å². The molecule has 0 aliphatic heterocycles. The molecule has 0 amide bonds. The Morgan fingerprint density at radius 1 is 1.12 bits per heavy atom. The maximum absolute atomic E-state index is 13.8. The second-order valence-corrected chi connectivity index (χ2v) is 3.48. The summed E-state index contributed by atoms with van der Waals surface area (Å²) in [5.41, 5.74) is 0.312. The Bertz CT molecular complexity index is 578. The van der Waals surface area contributed by atoms with Crippen molar-refractivity contribution in [2.45, 2.75) is 0 Å². The molecular formula is C13H11FO3. The predicted molar refractivity (Wildman–Crippen MR) is 62.4 cm³/mol. The minimum atomic E-state index is -0.443. The van der Waals surface area contributed by atoms with Crippen molar-refractivity contribution in [3.8, 4) is 11.5 Å². The Labute approximate surface area is 97.8 Å². The molecule has 17 heavy (non-hydrogen) atoms. The average Bonchev–Trinajstić information content (AvgIpc) is 2.37. The van der Waals surface area contributed by atoms with E-state index >= 15 is 0 Å². The largest absolute Gasteiger partial charge is 0.496 e. The van der Waals surface area contributed by atoms with Gasteiger partial charge in [0.1, 0.15) is 17.3 Å². The summed E-state index contributed by atoms with van der Waals surface area (Å²) >= 11 is 0. The van der Waals surface area contributed by atoms with Crippen LogP contribution in [0.25, 0.3) is 10.8 Å². The van der Waals surface area contributed by atoms with Gasteiger partial charge < -0.3 is 9.47 Å².